The van der Waals surface area contributed by atoms with Crippen molar-refractivity contribution in [2.24, 2.45) is 0 Å². The fraction of sp³-hybridized carbons (Fsp3) is 0.643. The molecule has 0 bridgehead atoms. The zero-order valence-corrected chi connectivity index (χ0v) is 11.6. The lowest BCUT2D eigenvalue weighted by molar-refractivity contribution is -0.386. The predicted octanol–water partition coefficient (Wildman–Crippen LogP) is 2.30. The summed E-state index contributed by atoms with van der Waals surface area (Å²) in [5.41, 5.74) is 0.727. The van der Waals surface area contributed by atoms with Crippen molar-refractivity contribution in [2.45, 2.75) is 44.7 Å². The molecule has 2 aliphatic rings. The fourth-order valence-electron chi connectivity index (χ4n) is 2.88. The highest BCUT2D eigenvalue weighted by Crippen LogP contribution is 2.34. The minimum Gasteiger partial charge on any atom is -0.471 e. The van der Waals surface area contributed by atoms with Gasteiger partial charge in [-0.3, -0.25) is 15.0 Å². The van der Waals surface area contributed by atoms with E-state index >= 15 is 0 Å². The maximum absolute atomic E-state index is 11.0. The predicted molar refractivity (Wildman–Crippen MR) is 73.9 cm³/mol. The number of pyridine rings is 1. The number of ether oxygens (including phenoxy) is 1. The zero-order valence-electron chi connectivity index (χ0n) is 11.6. The second-order valence-electron chi connectivity index (χ2n) is 5.67. The Hall–Kier alpha value is -1.69. The van der Waals surface area contributed by atoms with E-state index in [1.807, 2.05) is 0 Å². The van der Waals surface area contributed by atoms with Gasteiger partial charge in [-0.25, -0.2) is 4.98 Å². The van der Waals surface area contributed by atoms with Crippen molar-refractivity contribution in [3.8, 4) is 5.88 Å². The van der Waals surface area contributed by atoms with Crippen molar-refractivity contribution in [2.75, 3.05) is 13.2 Å². The Balaban J connectivity index is 1.67. The second kappa shape index (κ2) is 5.36. The number of hydrogen-bond donors (Lipinski definition) is 0. The van der Waals surface area contributed by atoms with Crippen molar-refractivity contribution in [1.82, 2.24) is 9.88 Å². The highest BCUT2D eigenvalue weighted by molar-refractivity contribution is 5.42. The smallest absolute Gasteiger partial charge is 0.331 e. The van der Waals surface area contributed by atoms with Gasteiger partial charge in [0.15, 0.2) is 0 Å². The maximum Gasteiger partial charge on any atom is 0.331 e. The van der Waals surface area contributed by atoms with Crippen LogP contribution in [0.3, 0.4) is 0 Å². The molecule has 0 amide bonds. The molecule has 1 aliphatic carbocycles. The normalized spacial score (nSPS) is 22.9. The first-order valence-corrected chi connectivity index (χ1v) is 7.15. The number of aromatic nitrogens is 1. The van der Waals surface area contributed by atoms with Crippen LogP contribution in [0.15, 0.2) is 12.3 Å². The number of hydrogen-bond acceptors (Lipinski definition) is 5. The van der Waals surface area contributed by atoms with Gasteiger partial charge >= 0.3 is 5.69 Å². The summed E-state index contributed by atoms with van der Waals surface area (Å²) in [6.07, 6.45) is 6.46. The van der Waals surface area contributed by atoms with E-state index in [0.717, 1.165) is 18.5 Å². The SMILES string of the molecule is Cc1cnc(OCC2CCCN2C2CC2)c([N+](=O)[O-])c1. The van der Waals surface area contributed by atoms with Crippen molar-refractivity contribution in [3.05, 3.63) is 27.9 Å². The van der Waals surface area contributed by atoms with Gasteiger partial charge in [0.2, 0.25) is 0 Å². The first kappa shape index (κ1) is 13.3. The molecule has 1 unspecified atom stereocenters. The molecule has 1 aliphatic heterocycles. The van der Waals surface area contributed by atoms with Gasteiger partial charge in [0.25, 0.3) is 5.88 Å². The largest absolute Gasteiger partial charge is 0.471 e. The summed E-state index contributed by atoms with van der Waals surface area (Å²) in [6.45, 7) is 3.41. The van der Waals surface area contributed by atoms with Crippen molar-refractivity contribution in [1.29, 1.82) is 0 Å². The number of likely N-dealkylation sites (tertiary alicyclic amines) is 1. The summed E-state index contributed by atoms with van der Waals surface area (Å²) < 4.78 is 5.65. The van der Waals surface area contributed by atoms with Gasteiger partial charge in [0.05, 0.1) is 4.92 Å². The van der Waals surface area contributed by atoms with Crippen LogP contribution in [0.25, 0.3) is 0 Å². The first-order valence-electron chi connectivity index (χ1n) is 7.15. The number of nitro groups is 1. The molecule has 1 aromatic rings. The quantitative estimate of drug-likeness (QED) is 0.610. The Morgan fingerprint density at radius 2 is 2.30 bits per heavy atom. The van der Waals surface area contributed by atoms with Crippen molar-refractivity contribution in [3.63, 3.8) is 0 Å². The molecule has 1 saturated heterocycles. The summed E-state index contributed by atoms with van der Waals surface area (Å²) >= 11 is 0. The standard InChI is InChI=1S/C14H19N3O3/c1-10-7-13(17(18)19)14(15-8-10)20-9-12-3-2-6-16(12)11-4-5-11/h7-8,11-12H,2-6,9H2,1H3. The van der Waals surface area contributed by atoms with E-state index in [1.165, 1.54) is 25.3 Å². The number of aryl methyl sites for hydroxylation is 1. The molecular weight excluding hydrogens is 258 g/mol. The molecule has 0 radical (unpaired) electrons. The van der Waals surface area contributed by atoms with Crippen LogP contribution in [-0.4, -0.2) is 40.0 Å². The minimum atomic E-state index is -0.428. The Kier molecular flexibility index (Phi) is 3.56. The Morgan fingerprint density at radius 3 is 3.00 bits per heavy atom. The van der Waals surface area contributed by atoms with E-state index < -0.39 is 4.92 Å². The third kappa shape index (κ3) is 2.75. The van der Waals surface area contributed by atoms with Gasteiger partial charge in [0.1, 0.15) is 6.61 Å². The molecule has 3 rings (SSSR count). The molecular formula is C14H19N3O3. The summed E-state index contributed by atoms with van der Waals surface area (Å²) in [4.78, 5) is 17.1. The molecule has 6 nitrogen and oxygen atoms in total. The molecule has 0 N–H and O–H groups in total. The molecule has 20 heavy (non-hydrogen) atoms. The van der Waals surface area contributed by atoms with Crippen LogP contribution in [-0.2, 0) is 0 Å². The van der Waals surface area contributed by atoms with Gasteiger partial charge < -0.3 is 4.74 Å². The first-order chi connectivity index (χ1) is 9.65. The molecule has 0 aromatic carbocycles. The van der Waals surface area contributed by atoms with E-state index in [9.17, 15) is 10.1 Å². The van der Waals surface area contributed by atoms with Crippen LogP contribution in [0.1, 0.15) is 31.2 Å². The van der Waals surface area contributed by atoms with Gasteiger partial charge in [-0.1, -0.05) is 0 Å². The molecule has 6 heteroatoms. The second-order valence-corrected chi connectivity index (χ2v) is 5.67. The zero-order chi connectivity index (χ0) is 14.1. The van der Waals surface area contributed by atoms with E-state index in [0.29, 0.717) is 18.7 Å². The van der Waals surface area contributed by atoms with Crippen LogP contribution in [0.5, 0.6) is 5.88 Å². The van der Waals surface area contributed by atoms with Gasteiger partial charge in [0, 0.05) is 24.3 Å². The Morgan fingerprint density at radius 1 is 1.50 bits per heavy atom. The molecule has 2 heterocycles. The van der Waals surface area contributed by atoms with E-state index in [2.05, 4.69) is 9.88 Å². The summed E-state index contributed by atoms with van der Waals surface area (Å²) in [6, 6.07) is 2.60. The number of nitrogens with zero attached hydrogens (tertiary/aromatic N) is 3. The molecule has 0 spiro atoms. The average Bonchev–Trinajstić information content (AvgIpc) is 3.16. The topological polar surface area (TPSA) is 68.5 Å². The molecule has 108 valence electrons. The van der Waals surface area contributed by atoms with Gasteiger partial charge in [-0.2, -0.15) is 0 Å². The van der Waals surface area contributed by atoms with Gasteiger partial charge in [-0.05, 0) is 44.7 Å². The van der Waals surface area contributed by atoms with Crippen molar-refractivity contribution < 1.29 is 9.66 Å². The van der Waals surface area contributed by atoms with Gasteiger partial charge in [-0.15, -0.1) is 0 Å². The lowest BCUT2D eigenvalue weighted by Gasteiger charge is -2.23. The molecule has 1 saturated carbocycles. The Labute approximate surface area is 117 Å². The summed E-state index contributed by atoms with van der Waals surface area (Å²) in [7, 11) is 0. The van der Waals surface area contributed by atoms with Crippen LogP contribution in [0.2, 0.25) is 0 Å². The summed E-state index contributed by atoms with van der Waals surface area (Å²) in [5.74, 6) is 0.142. The Bertz CT molecular complexity index is 516. The van der Waals surface area contributed by atoms with Crippen molar-refractivity contribution >= 4 is 5.69 Å². The van der Waals surface area contributed by atoms with Crippen LogP contribution >= 0.6 is 0 Å². The summed E-state index contributed by atoms with van der Waals surface area (Å²) in [5, 5.41) is 11.0. The third-order valence-electron chi connectivity index (χ3n) is 4.02. The highest BCUT2D eigenvalue weighted by atomic mass is 16.6. The monoisotopic (exact) mass is 277 g/mol. The van der Waals surface area contributed by atoms with Crippen LogP contribution in [0.4, 0.5) is 5.69 Å². The molecule has 2 fully saturated rings. The fourth-order valence-corrected chi connectivity index (χ4v) is 2.88. The third-order valence-corrected chi connectivity index (χ3v) is 4.02. The van der Waals surface area contributed by atoms with Crippen LogP contribution < -0.4 is 4.74 Å². The highest BCUT2D eigenvalue weighted by Gasteiger charge is 2.37. The van der Waals surface area contributed by atoms with E-state index in [4.69, 9.17) is 4.74 Å². The number of rotatable bonds is 5. The lowest BCUT2D eigenvalue weighted by Crippen LogP contribution is -2.35. The lowest BCUT2D eigenvalue weighted by atomic mass is 10.2. The van der Waals surface area contributed by atoms with E-state index in [-0.39, 0.29) is 11.6 Å². The van der Waals surface area contributed by atoms with Crippen LogP contribution in [0, 0.1) is 17.0 Å². The molecule has 1 aromatic heterocycles. The maximum atomic E-state index is 11.0. The minimum absolute atomic E-state index is 0.0408. The van der Waals surface area contributed by atoms with E-state index in [1.54, 1.807) is 13.1 Å². The molecule has 1 atom stereocenters. The average molecular weight is 277 g/mol.